The molecule has 1 aliphatic rings. The molecule has 0 fully saturated rings. The van der Waals surface area contributed by atoms with Crippen molar-refractivity contribution in [3.63, 3.8) is 0 Å². The Hall–Kier alpha value is -3.15. The number of benzene rings is 2. The molecular weight excluding hydrogens is 278 g/mol. The van der Waals surface area contributed by atoms with Gasteiger partial charge < -0.3 is 10.6 Å². The van der Waals surface area contributed by atoms with E-state index in [0.29, 0.717) is 5.57 Å². The average Bonchev–Trinajstić information content (AvgIpc) is 3.10. The van der Waals surface area contributed by atoms with Gasteiger partial charge in [0, 0.05) is 17.5 Å². The summed E-state index contributed by atoms with van der Waals surface area (Å²) in [6.07, 6.45) is 1.71. The Balaban J connectivity index is 1.76. The Morgan fingerprint density at radius 1 is 1.14 bits per heavy atom. The predicted octanol–water partition coefficient (Wildman–Crippen LogP) is 2.67. The molecule has 0 saturated carbocycles. The SMILES string of the molecule is Cc1ccc(NC=C2C(=O)Nc3ccc4nn[nH]c4c32)cc1. The van der Waals surface area contributed by atoms with E-state index < -0.39 is 0 Å². The number of hydrogen-bond acceptors (Lipinski definition) is 4. The van der Waals surface area contributed by atoms with Crippen molar-refractivity contribution in [1.82, 2.24) is 15.4 Å². The number of aryl methyl sites for hydroxylation is 1. The van der Waals surface area contributed by atoms with Gasteiger partial charge in [0.05, 0.1) is 16.8 Å². The lowest BCUT2D eigenvalue weighted by Gasteiger charge is -2.03. The minimum Gasteiger partial charge on any atom is -0.361 e. The molecule has 0 saturated heterocycles. The summed E-state index contributed by atoms with van der Waals surface area (Å²) in [4.78, 5) is 12.2. The second kappa shape index (κ2) is 4.70. The Morgan fingerprint density at radius 2 is 1.95 bits per heavy atom. The van der Waals surface area contributed by atoms with Gasteiger partial charge in [-0.1, -0.05) is 22.9 Å². The Kier molecular flexibility index (Phi) is 2.69. The predicted molar refractivity (Wildman–Crippen MR) is 85.3 cm³/mol. The van der Waals surface area contributed by atoms with Crippen molar-refractivity contribution >= 4 is 33.9 Å². The normalized spacial score (nSPS) is 15.1. The molecule has 0 spiro atoms. The van der Waals surface area contributed by atoms with Gasteiger partial charge >= 0.3 is 0 Å². The maximum atomic E-state index is 12.2. The third-order valence-electron chi connectivity index (χ3n) is 3.70. The standard InChI is InChI=1S/C16H13N5O/c1-9-2-4-10(5-3-9)17-8-11-14-12(18-16(11)22)6-7-13-15(14)20-21-19-13/h2-8,17H,1H3,(H,18,22)(H,19,20,21). The van der Waals surface area contributed by atoms with Crippen molar-refractivity contribution in [1.29, 1.82) is 0 Å². The minimum absolute atomic E-state index is 0.142. The number of aromatic amines is 1. The highest BCUT2D eigenvalue weighted by Gasteiger charge is 2.27. The molecule has 1 aliphatic heterocycles. The monoisotopic (exact) mass is 291 g/mol. The second-order valence-electron chi connectivity index (χ2n) is 5.22. The third kappa shape index (κ3) is 1.93. The summed E-state index contributed by atoms with van der Waals surface area (Å²) in [5.74, 6) is -0.142. The summed E-state index contributed by atoms with van der Waals surface area (Å²) >= 11 is 0. The van der Waals surface area contributed by atoms with Crippen LogP contribution in [0.1, 0.15) is 11.1 Å². The van der Waals surface area contributed by atoms with Crippen molar-refractivity contribution in [3.05, 3.63) is 53.7 Å². The number of aromatic nitrogens is 3. The number of H-pyrrole nitrogens is 1. The first-order chi connectivity index (χ1) is 10.7. The minimum atomic E-state index is -0.142. The number of nitrogens with one attached hydrogen (secondary N) is 3. The molecule has 0 bridgehead atoms. The van der Waals surface area contributed by atoms with E-state index in [-0.39, 0.29) is 5.91 Å². The maximum Gasteiger partial charge on any atom is 0.257 e. The number of hydrogen-bond donors (Lipinski definition) is 3. The van der Waals surface area contributed by atoms with Crippen LogP contribution in [0.3, 0.4) is 0 Å². The van der Waals surface area contributed by atoms with E-state index in [1.54, 1.807) is 6.20 Å². The van der Waals surface area contributed by atoms with Gasteiger partial charge in [-0.15, -0.1) is 5.10 Å². The van der Waals surface area contributed by atoms with E-state index in [4.69, 9.17) is 0 Å². The molecule has 2 heterocycles. The number of rotatable bonds is 2. The summed E-state index contributed by atoms with van der Waals surface area (Å²) in [7, 11) is 0. The lowest BCUT2D eigenvalue weighted by Crippen LogP contribution is -2.05. The van der Waals surface area contributed by atoms with Crippen LogP contribution < -0.4 is 10.6 Å². The third-order valence-corrected chi connectivity index (χ3v) is 3.70. The second-order valence-corrected chi connectivity index (χ2v) is 5.22. The summed E-state index contributed by atoms with van der Waals surface area (Å²) in [6.45, 7) is 2.03. The van der Waals surface area contributed by atoms with E-state index in [2.05, 4.69) is 26.0 Å². The van der Waals surface area contributed by atoms with E-state index in [0.717, 1.165) is 28.0 Å². The van der Waals surface area contributed by atoms with Gasteiger partial charge in [-0.3, -0.25) is 9.89 Å². The van der Waals surface area contributed by atoms with Crippen LogP contribution in [0.25, 0.3) is 16.6 Å². The van der Waals surface area contributed by atoms with Gasteiger partial charge in [0.1, 0.15) is 5.52 Å². The number of amides is 1. The first-order valence-corrected chi connectivity index (χ1v) is 6.91. The smallest absolute Gasteiger partial charge is 0.257 e. The summed E-state index contributed by atoms with van der Waals surface area (Å²) in [5.41, 5.74) is 5.73. The molecule has 0 unspecified atom stereocenters. The Labute approximate surface area is 126 Å². The molecule has 4 rings (SSSR count). The van der Waals surface area contributed by atoms with Crippen LogP contribution in [0.5, 0.6) is 0 Å². The fourth-order valence-electron chi connectivity index (χ4n) is 2.55. The van der Waals surface area contributed by atoms with Gasteiger partial charge in [-0.25, -0.2) is 0 Å². The van der Waals surface area contributed by atoms with Crippen LogP contribution in [0.4, 0.5) is 11.4 Å². The Bertz CT molecular complexity index is 908. The van der Waals surface area contributed by atoms with E-state index in [9.17, 15) is 4.79 Å². The Morgan fingerprint density at radius 3 is 2.77 bits per heavy atom. The lowest BCUT2D eigenvalue weighted by molar-refractivity contribution is -0.110. The van der Waals surface area contributed by atoms with E-state index in [1.165, 1.54) is 5.56 Å². The topological polar surface area (TPSA) is 82.7 Å². The molecule has 1 amide bonds. The maximum absolute atomic E-state index is 12.2. The number of carbonyl (C=O) groups is 1. The lowest BCUT2D eigenvalue weighted by atomic mass is 10.1. The zero-order valence-electron chi connectivity index (χ0n) is 11.8. The highest BCUT2D eigenvalue weighted by atomic mass is 16.2. The molecule has 0 radical (unpaired) electrons. The highest BCUT2D eigenvalue weighted by Crippen LogP contribution is 2.36. The van der Waals surface area contributed by atoms with Crippen molar-refractivity contribution in [2.24, 2.45) is 0 Å². The largest absolute Gasteiger partial charge is 0.361 e. The van der Waals surface area contributed by atoms with Crippen molar-refractivity contribution < 1.29 is 4.79 Å². The first kappa shape index (κ1) is 12.6. The van der Waals surface area contributed by atoms with Gasteiger partial charge in [-0.05, 0) is 31.2 Å². The zero-order chi connectivity index (χ0) is 15.1. The number of fused-ring (bicyclic) bond motifs is 3. The average molecular weight is 291 g/mol. The van der Waals surface area contributed by atoms with Gasteiger partial charge in [0.25, 0.3) is 5.91 Å². The van der Waals surface area contributed by atoms with Gasteiger partial charge in [0.15, 0.2) is 0 Å². The van der Waals surface area contributed by atoms with Crippen LogP contribution in [-0.4, -0.2) is 21.3 Å². The fraction of sp³-hybridized carbons (Fsp3) is 0.0625. The van der Waals surface area contributed by atoms with Crippen LogP contribution in [0.15, 0.2) is 42.6 Å². The zero-order valence-corrected chi connectivity index (χ0v) is 11.8. The molecule has 108 valence electrons. The molecule has 3 N–H and O–H groups in total. The number of nitrogens with zero attached hydrogens (tertiary/aromatic N) is 2. The number of carbonyl (C=O) groups excluding carboxylic acids is 1. The molecule has 22 heavy (non-hydrogen) atoms. The highest BCUT2D eigenvalue weighted by molar-refractivity contribution is 6.34. The first-order valence-electron chi connectivity index (χ1n) is 6.91. The summed E-state index contributed by atoms with van der Waals surface area (Å²) in [5, 5.41) is 16.7. The van der Waals surface area contributed by atoms with Crippen molar-refractivity contribution in [2.75, 3.05) is 10.6 Å². The number of anilines is 2. The van der Waals surface area contributed by atoms with Gasteiger partial charge in [-0.2, -0.15) is 0 Å². The quantitative estimate of drug-likeness (QED) is 0.634. The molecule has 0 atom stereocenters. The molecule has 3 aromatic rings. The van der Waals surface area contributed by atoms with Crippen LogP contribution in [0, 0.1) is 6.92 Å². The molecule has 1 aromatic heterocycles. The summed E-state index contributed by atoms with van der Waals surface area (Å²) < 4.78 is 0. The molecule has 0 aliphatic carbocycles. The van der Waals surface area contributed by atoms with Crippen LogP contribution in [0.2, 0.25) is 0 Å². The molecule has 6 heteroatoms. The van der Waals surface area contributed by atoms with Crippen LogP contribution in [-0.2, 0) is 4.79 Å². The van der Waals surface area contributed by atoms with Crippen molar-refractivity contribution in [2.45, 2.75) is 6.92 Å². The summed E-state index contributed by atoms with van der Waals surface area (Å²) in [6, 6.07) is 11.6. The van der Waals surface area contributed by atoms with Gasteiger partial charge in [0.2, 0.25) is 0 Å². The van der Waals surface area contributed by atoms with E-state index in [1.807, 2.05) is 43.3 Å². The van der Waals surface area contributed by atoms with E-state index >= 15 is 0 Å². The molecule has 6 nitrogen and oxygen atoms in total. The molecular formula is C16H13N5O. The van der Waals surface area contributed by atoms with Crippen LogP contribution >= 0.6 is 0 Å². The molecule has 2 aromatic carbocycles. The fourth-order valence-corrected chi connectivity index (χ4v) is 2.55. The van der Waals surface area contributed by atoms with Crippen molar-refractivity contribution in [3.8, 4) is 0 Å².